The number of nitrogens with zero attached hydrogens (tertiary/aromatic N) is 2. The van der Waals surface area contributed by atoms with Gasteiger partial charge in [0.1, 0.15) is 0 Å². The number of aromatic nitrogens is 2. The number of rotatable bonds is 3. The lowest BCUT2D eigenvalue weighted by Crippen LogP contribution is -2.12. The summed E-state index contributed by atoms with van der Waals surface area (Å²) in [5, 5.41) is 5.25. The van der Waals surface area contributed by atoms with Crippen molar-refractivity contribution in [1.82, 2.24) is 9.78 Å². The van der Waals surface area contributed by atoms with Gasteiger partial charge in [0.25, 0.3) is 0 Å². The Labute approximate surface area is 106 Å². The van der Waals surface area contributed by atoms with Gasteiger partial charge in [-0.2, -0.15) is 5.10 Å². The smallest absolute Gasteiger partial charge is 0.0675 e. The van der Waals surface area contributed by atoms with Gasteiger partial charge in [-0.3, -0.25) is 4.68 Å². The summed E-state index contributed by atoms with van der Waals surface area (Å²) in [6, 6.07) is 7.84. The maximum Gasteiger partial charge on any atom is 0.0675 e. The van der Waals surface area contributed by atoms with Crippen LogP contribution in [-0.4, -0.2) is 16.3 Å². The van der Waals surface area contributed by atoms with Crippen molar-refractivity contribution in [3.8, 4) is 11.1 Å². The van der Waals surface area contributed by atoms with Crippen molar-refractivity contribution in [3.05, 3.63) is 40.7 Å². The maximum atomic E-state index is 6.23. The molecule has 0 unspecified atom stereocenters. The van der Waals surface area contributed by atoms with Gasteiger partial charge in [0, 0.05) is 28.4 Å². The minimum absolute atomic E-state index is 0.587. The summed E-state index contributed by atoms with van der Waals surface area (Å²) in [5.74, 6) is 0. The first-order valence-corrected chi connectivity index (χ1v) is 6.02. The minimum Gasteiger partial charge on any atom is -0.329 e. The molecule has 0 amide bonds. The van der Waals surface area contributed by atoms with Gasteiger partial charge in [0.05, 0.1) is 12.2 Å². The molecule has 1 aromatic heterocycles. The van der Waals surface area contributed by atoms with Crippen molar-refractivity contribution >= 4 is 11.6 Å². The Balaban J connectivity index is 2.56. The molecule has 0 saturated carbocycles. The van der Waals surface area contributed by atoms with Gasteiger partial charge < -0.3 is 5.73 Å². The first-order chi connectivity index (χ1) is 8.15. The summed E-state index contributed by atoms with van der Waals surface area (Å²) in [5.41, 5.74) is 9.82. The Bertz CT molecular complexity index is 531. The molecule has 1 heterocycles. The van der Waals surface area contributed by atoms with E-state index in [0.29, 0.717) is 6.54 Å². The molecule has 0 aliphatic rings. The fourth-order valence-electron chi connectivity index (χ4n) is 2.09. The average molecular weight is 250 g/mol. The third-order valence-electron chi connectivity index (χ3n) is 2.87. The zero-order valence-corrected chi connectivity index (χ0v) is 10.8. The van der Waals surface area contributed by atoms with Crippen LogP contribution in [-0.2, 0) is 6.54 Å². The molecule has 3 nitrogen and oxygen atoms in total. The molecule has 2 rings (SSSR count). The highest BCUT2D eigenvalue weighted by Gasteiger charge is 2.14. The molecule has 2 N–H and O–H groups in total. The van der Waals surface area contributed by atoms with Gasteiger partial charge in [-0.05, 0) is 19.9 Å². The third kappa shape index (κ3) is 2.21. The molecule has 0 aliphatic carbocycles. The number of hydrogen-bond donors (Lipinski definition) is 1. The monoisotopic (exact) mass is 249 g/mol. The highest BCUT2D eigenvalue weighted by Crippen LogP contribution is 2.32. The van der Waals surface area contributed by atoms with Crippen molar-refractivity contribution in [2.24, 2.45) is 5.73 Å². The van der Waals surface area contributed by atoms with E-state index in [1.165, 1.54) is 0 Å². The molecule has 2 aromatic rings. The van der Waals surface area contributed by atoms with E-state index in [1.807, 2.05) is 42.8 Å². The molecule has 0 radical (unpaired) electrons. The molecule has 0 bridgehead atoms. The van der Waals surface area contributed by atoms with Gasteiger partial charge in [0.15, 0.2) is 0 Å². The molecule has 0 spiro atoms. The first-order valence-electron chi connectivity index (χ1n) is 5.64. The quantitative estimate of drug-likeness (QED) is 0.909. The molecule has 4 heteroatoms. The second-order valence-corrected chi connectivity index (χ2v) is 4.44. The molecule has 17 heavy (non-hydrogen) atoms. The SMILES string of the molecule is Cc1nn(CCN)c(C)c1-c1ccccc1Cl. The van der Waals surface area contributed by atoms with E-state index >= 15 is 0 Å². The molecule has 1 aromatic carbocycles. The van der Waals surface area contributed by atoms with Crippen LogP contribution in [0.25, 0.3) is 11.1 Å². The van der Waals surface area contributed by atoms with Crippen LogP contribution in [0.4, 0.5) is 0 Å². The van der Waals surface area contributed by atoms with E-state index in [4.69, 9.17) is 17.3 Å². The van der Waals surface area contributed by atoms with Crippen LogP contribution in [0.3, 0.4) is 0 Å². The second kappa shape index (κ2) is 4.90. The molecular weight excluding hydrogens is 234 g/mol. The fourth-order valence-corrected chi connectivity index (χ4v) is 2.32. The van der Waals surface area contributed by atoms with Gasteiger partial charge in [-0.25, -0.2) is 0 Å². The van der Waals surface area contributed by atoms with E-state index in [1.54, 1.807) is 0 Å². The normalized spacial score (nSPS) is 10.8. The van der Waals surface area contributed by atoms with Crippen molar-refractivity contribution in [2.45, 2.75) is 20.4 Å². The van der Waals surface area contributed by atoms with E-state index in [9.17, 15) is 0 Å². The van der Waals surface area contributed by atoms with Crippen molar-refractivity contribution in [1.29, 1.82) is 0 Å². The van der Waals surface area contributed by atoms with E-state index in [2.05, 4.69) is 5.10 Å². The van der Waals surface area contributed by atoms with E-state index < -0.39 is 0 Å². The second-order valence-electron chi connectivity index (χ2n) is 4.04. The van der Waals surface area contributed by atoms with Crippen LogP contribution >= 0.6 is 11.6 Å². The van der Waals surface area contributed by atoms with Crippen LogP contribution in [0.15, 0.2) is 24.3 Å². The van der Waals surface area contributed by atoms with Gasteiger partial charge in [-0.1, -0.05) is 29.8 Å². The lowest BCUT2D eigenvalue weighted by atomic mass is 10.0. The van der Waals surface area contributed by atoms with Crippen molar-refractivity contribution in [2.75, 3.05) is 6.54 Å². The Morgan fingerprint density at radius 2 is 2.00 bits per heavy atom. The molecule has 0 saturated heterocycles. The molecular formula is C13H16ClN3. The van der Waals surface area contributed by atoms with Crippen LogP contribution in [0.5, 0.6) is 0 Å². The average Bonchev–Trinajstić information content (AvgIpc) is 2.57. The fraction of sp³-hybridized carbons (Fsp3) is 0.308. The lowest BCUT2D eigenvalue weighted by Gasteiger charge is -2.05. The van der Waals surface area contributed by atoms with Crippen LogP contribution in [0.1, 0.15) is 11.4 Å². The van der Waals surface area contributed by atoms with Crippen LogP contribution < -0.4 is 5.73 Å². The summed E-state index contributed by atoms with van der Waals surface area (Å²) < 4.78 is 1.94. The Kier molecular flexibility index (Phi) is 3.50. The largest absolute Gasteiger partial charge is 0.329 e. The Morgan fingerprint density at radius 3 is 2.65 bits per heavy atom. The van der Waals surface area contributed by atoms with Crippen LogP contribution in [0, 0.1) is 13.8 Å². The van der Waals surface area contributed by atoms with Crippen molar-refractivity contribution < 1.29 is 0 Å². The summed E-state index contributed by atoms with van der Waals surface area (Å²) in [4.78, 5) is 0. The third-order valence-corrected chi connectivity index (χ3v) is 3.20. The molecule has 90 valence electrons. The number of aryl methyl sites for hydroxylation is 1. The summed E-state index contributed by atoms with van der Waals surface area (Å²) in [6.07, 6.45) is 0. The lowest BCUT2D eigenvalue weighted by molar-refractivity contribution is 0.604. The van der Waals surface area contributed by atoms with Gasteiger partial charge in [0.2, 0.25) is 0 Å². The van der Waals surface area contributed by atoms with E-state index in [0.717, 1.165) is 34.1 Å². The Hall–Kier alpha value is -1.32. The number of nitrogens with two attached hydrogens (primary N) is 1. The predicted molar refractivity (Wildman–Crippen MR) is 71.2 cm³/mol. The molecule has 0 atom stereocenters. The van der Waals surface area contributed by atoms with Crippen molar-refractivity contribution in [3.63, 3.8) is 0 Å². The highest BCUT2D eigenvalue weighted by atomic mass is 35.5. The number of benzene rings is 1. The summed E-state index contributed by atoms with van der Waals surface area (Å²) in [6.45, 7) is 5.37. The summed E-state index contributed by atoms with van der Waals surface area (Å²) in [7, 11) is 0. The standard InChI is InChI=1S/C13H16ClN3/c1-9-13(10(2)17(16-9)8-7-15)11-5-3-4-6-12(11)14/h3-6H,7-8,15H2,1-2H3. The van der Waals surface area contributed by atoms with Gasteiger partial charge in [-0.15, -0.1) is 0 Å². The number of halogens is 1. The van der Waals surface area contributed by atoms with Crippen LogP contribution in [0.2, 0.25) is 5.02 Å². The first kappa shape index (κ1) is 12.1. The highest BCUT2D eigenvalue weighted by molar-refractivity contribution is 6.33. The minimum atomic E-state index is 0.587. The maximum absolute atomic E-state index is 6.23. The molecule has 0 aliphatic heterocycles. The molecule has 0 fully saturated rings. The summed E-state index contributed by atoms with van der Waals surface area (Å²) >= 11 is 6.23. The number of hydrogen-bond acceptors (Lipinski definition) is 2. The Morgan fingerprint density at radius 1 is 1.29 bits per heavy atom. The zero-order chi connectivity index (χ0) is 12.4. The predicted octanol–water partition coefficient (Wildman–Crippen LogP) is 2.78. The zero-order valence-electron chi connectivity index (χ0n) is 10.1. The topological polar surface area (TPSA) is 43.8 Å². The van der Waals surface area contributed by atoms with E-state index in [-0.39, 0.29) is 0 Å². The van der Waals surface area contributed by atoms with Gasteiger partial charge >= 0.3 is 0 Å².